The van der Waals surface area contributed by atoms with Gasteiger partial charge in [0.25, 0.3) is 0 Å². The lowest BCUT2D eigenvalue weighted by atomic mass is 9.81. The molecular formula is C15H16ClFN2O. The van der Waals surface area contributed by atoms with Crippen LogP contribution in [0.15, 0.2) is 12.3 Å². The van der Waals surface area contributed by atoms with Crippen LogP contribution in [0.4, 0.5) is 4.39 Å². The van der Waals surface area contributed by atoms with Crippen LogP contribution in [0.1, 0.15) is 37.4 Å². The van der Waals surface area contributed by atoms with E-state index in [4.69, 9.17) is 11.6 Å². The molecule has 0 amide bonds. The first-order chi connectivity index (χ1) is 9.65. The molecule has 2 N–H and O–H groups in total. The number of fused-ring (bicyclic) bond motifs is 3. The molecular weight excluding hydrogens is 279 g/mol. The third-order valence-electron chi connectivity index (χ3n) is 5.16. The summed E-state index contributed by atoms with van der Waals surface area (Å²) in [6.45, 7) is 0. The summed E-state index contributed by atoms with van der Waals surface area (Å²) in [5, 5.41) is 18.2. The Morgan fingerprint density at radius 1 is 1.40 bits per heavy atom. The van der Waals surface area contributed by atoms with Gasteiger partial charge in [0, 0.05) is 10.9 Å². The van der Waals surface area contributed by atoms with Crippen LogP contribution < -0.4 is 0 Å². The van der Waals surface area contributed by atoms with Gasteiger partial charge in [-0.15, -0.1) is 0 Å². The zero-order chi connectivity index (χ0) is 13.9. The van der Waals surface area contributed by atoms with Crippen LogP contribution in [0.25, 0.3) is 10.9 Å². The number of aliphatic hydroxyl groups excluding tert-OH is 1. The molecule has 2 aliphatic rings. The Balaban J connectivity index is 1.81. The Bertz CT molecular complexity index is 671. The molecule has 2 bridgehead atoms. The van der Waals surface area contributed by atoms with Gasteiger partial charge in [-0.05, 0) is 43.1 Å². The van der Waals surface area contributed by atoms with E-state index in [1.54, 1.807) is 12.3 Å². The van der Waals surface area contributed by atoms with Crippen LogP contribution in [-0.2, 0) is 0 Å². The van der Waals surface area contributed by atoms with E-state index in [0.717, 1.165) is 18.2 Å². The molecule has 4 rings (SSSR count). The van der Waals surface area contributed by atoms with E-state index < -0.39 is 11.9 Å². The van der Waals surface area contributed by atoms with Gasteiger partial charge in [0.1, 0.15) is 5.82 Å². The van der Waals surface area contributed by atoms with E-state index in [9.17, 15) is 9.50 Å². The molecule has 0 spiro atoms. The van der Waals surface area contributed by atoms with Gasteiger partial charge < -0.3 is 5.11 Å². The molecule has 2 aromatic rings. The fraction of sp³-hybridized carbons (Fsp3) is 0.533. The fourth-order valence-corrected chi connectivity index (χ4v) is 4.45. The van der Waals surface area contributed by atoms with E-state index >= 15 is 0 Å². The molecule has 2 fully saturated rings. The van der Waals surface area contributed by atoms with Crippen molar-refractivity contribution in [3.05, 3.63) is 28.7 Å². The summed E-state index contributed by atoms with van der Waals surface area (Å²) >= 11 is 5.95. The maximum atomic E-state index is 14.4. The SMILES string of the molecule is OC(c1c(F)c(Cl)cc2cn[nH]c12)C1CC2CCC1C2. The lowest BCUT2D eigenvalue weighted by Gasteiger charge is -2.27. The number of aromatic amines is 1. The monoisotopic (exact) mass is 294 g/mol. The molecule has 4 atom stereocenters. The van der Waals surface area contributed by atoms with E-state index in [1.807, 2.05) is 0 Å². The molecule has 5 heteroatoms. The van der Waals surface area contributed by atoms with Gasteiger partial charge in [0.15, 0.2) is 0 Å². The highest BCUT2D eigenvalue weighted by atomic mass is 35.5. The van der Waals surface area contributed by atoms with Gasteiger partial charge in [-0.2, -0.15) is 5.10 Å². The predicted octanol–water partition coefficient (Wildman–Crippen LogP) is 3.83. The molecule has 2 saturated carbocycles. The van der Waals surface area contributed by atoms with Crippen molar-refractivity contribution < 1.29 is 9.50 Å². The Kier molecular flexibility index (Phi) is 2.79. The Labute approximate surface area is 121 Å². The summed E-state index contributed by atoms with van der Waals surface area (Å²) in [5.41, 5.74) is 0.865. The number of aromatic nitrogens is 2. The minimum Gasteiger partial charge on any atom is -0.388 e. The van der Waals surface area contributed by atoms with Crippen molar-refractivity contribution >= 4 is 22.5 Å². The second-order valence-electron chi connectivity index (χ2n) is 6.20. The fourth-order valence-electron chi connectivity index (χ4n) is 4.23. The van der Waals surface area contributed by atoms with Crippen LogP contribution in [0.2, 0.25) is 5.02 Å². The van der Waals surface area contributed by atoms with Gasteiger partial charge in [-0.1, -0.05) is 18.0 Å². The molecule has 1 aromatic heterocycles. The average Bonchev–Trinajstić information content (AvgIpc) is 3.14. The van der Waals surface area contributed by atoms with Crippen molar-refractivity contribution in [3.8, 4) is 0 Å². The minimum atomic E-state index is -0.799. The maximum Gasteiger partial charge on any atom is 0.149 e. The summed E-state index contributed by atoms with van der Waals surface area (Å²) in [6.07, 6.45) is 5.39. The van der Waals surface area contributed by atoms with Crippen LogP contribution in [-0.4, -0.2) is 15.3 Å². The molecule has 2 aliphatic carbocycles. The highest BCUT2D eigenvalue weighted by Gasteiger charge is 2.44. The van der Waals surface area contributed by atoms with Gasteiger partial charge in [0.2, 0.25) is 0 Å². The highest BCUT2D eigenvalue weighted by Crippen LogP contribution is 2.53. The minimum absolute atomic E-state index is 0.0520. The lowest BCUT2D eigenvalue weighted by Crippen LogP contribution is -2.20. The van der Waals surface area contributed by atoms with Crippen molar-refractivity contribution in [3.63, 3.8) is 0 Å². The summed E-state index contributed by atoms with van der Waals surface area (Å²) in [7, 11) is 0. The molecule has 106 valence electrons. The summed E-state index contributed by atoms with van der Waals surface area (Å²) in [6, 6.07) is 1.55. The molecule has 3 nitrogen and oxygen atoms in total. The quantitative estimate of drug-likeness (QED) is 0.884. The second-order valence-corrected chi connectivity index (χ2v) is 6.61. The van der Waals surface area contributed by atoms with Crippen molar-refractivity contribution in [2.75, 3.05) is 0 Å². The molecule has 0 saturated heterocycles. The predicted molar refractivity (Wildman–Crippen MR) is 75.0 cm³/mol. The van der Waals surface area contributed by atoms with Crippen LogP contribution in [0, 0.1) is 23.6 Å². The number of hydrogen-bond donors (Lipinski definition) is 2. The van der Waals surface area contributed by atoms with Crippen LogP contribution in [0.3, 0.4) is 0 Å². The topological polar surface area (TPSA) is 48.9 Å². The van der Waals surface area contributed by atoms with Crippen molar-refractivity contribution in [1.82, 2.24) is 10.2 Å². The van der Waals surface area contributed by atoms with Crippen LogP contribution in [0.5, 0.6) is 0 Å². The zero-order valence-electron chi connectivity index (χ0n) is 10.9. The van der Waals surface area contributed by atoms with E-state index in [2.05, 4.69) is 10.2 Å². The second kappa shape index (κ2) is 4.43. The Morgan fingerprint density at radius 2 is 2.25 bits per heavy atom. The molecule has 20 heavy (non-hydrogen) atoms. The number of hydrogen-bond acceptors (Lipinski definition) is 2. The molecule has 0 radical (unpaired) electrons. The number of nitrogens with one attached hydrogen (secondary N) is 1. The molecule has 0 aliphatic heterocycles. The number of rotatable bonds is 2. The molecule has 1 heterocycles. The zero-order valence-corrected chi connectivity index (χ0v) is 11.7. The number of benzene rings is 1. The third kappa shape index (κ3) is 1.71. The van der Waals surface area contributed by atoms with Crippen LogP contribution >= 0.6 is 11.6 Å². The summed E-state index contributed by atoms with van der Waals surface area (Å²) in [5.74, 6) is 0.859. The number of nitrogens with zero attached hydrogens (tertiary/aromatic N) is 1. The van der Waals surface area contributed by atoms with Crippen molar-refractivity contribution in [1.29, 1.82) is 0 Å². The molecule has 4 unspecified atom stereocenters. The van der Waals surface area contributed by atoms with E-state index in [-0.39, 0.29) is 10.9 Å². The maximum absolute atomic E-state index is 14.4. The number of halogens is 2. The summed E-state index contributed by atoms with van der Waals surface area (Å²) in [4.78, 5) is 0. The Hall–Kier alpha value is -1.13. The average molecular weight is 295 g/mol. The Morgan fingerprint density at radius 3 is 2.95 bits per heavy atom. The molecule has 1 aromatic carbocycles. The highest BCUT2D eigenvalue weighted by molar-refractivity contribution is 6.31. The third-order valence-corrected chi connectivity index (χ3v) is 5.44. The standard InChI is InChI=1S/C15H16ClFN2O/c16-11-5-9-6-18-19-14(9)12(13(11)17)15(20)10-4-7-1-2-8(10)3-7/h5-8,10,15,20H,1-4H2,(H,18,19). The number of aliphatic hydroxyl groups is 1. The van der Waals surface area contributed by atoms with Gasteiger partial charge >= 0.3 is 0 Å². The first-order valence-corrected chi connectivity index (χ1v) is 7.52. The van der Waals surface area contributed by atoms with E-state index in [1.165, 1.54) is 12.8 Å². The van der Waals surface area contributed by atoms with Gasteiger partial charge in [0.05, 0.1) is 22.8 Å². The first-order valence-electron chi connectivity index (χ1n) is 7.14. The van der Waals surface area contributed by atoms with Crippen molar-refractivity contribution in [2.45, 2.75) is 31.8 Å². The van der Waals surface area contributed by atoms with E-state index in [0.29, 0.717) is 22.9 Å². The normalized spacial score (nSPS) is 30.2. The lowest BCUT2D eigenvalue weighted by molar-refractivity contribution is 0.0726. The van der Waals surface area contributed by atoms with Gasteiger partial charge in [-0.3, -0.25) is 5.10 Å². The smallest absolute Gasteiger partial charge is 0.149 e. The largest absolute Gasteiger partial charge is 0.388 e. The van der Waals surface area contributed by atoms with Crippen molar-refractivity contribution in [2.24, 2.45) is 17.8 Å². The summed E-state index contributed by atoms with van der Waals surface area (Å²) < 4.78 is 14.4. The number of H-pyrrole nitrogens is 1. The van der Waals surface area contributed by atoms with Gasteiger partial charge in [-0.25, -0.2) is 4.39 Å². The first kappa shape index (κ1) is 12.6.